The topological polar surface area (TPSA) is 93.2 Å². The maximum absolute atomic E-state index is 11.7. The van der Waals surface area contributed by atoms with E-state index in [9.17, 15) is 8.42 Å². The van der Waals surface area contributed by atoms with Gasteiger partial charge >= 0.3 is 0 Å². The summed E-state index contributed by atoms with van der Waals surface area (Å²) in [7, 11) is -3.76. The normalized spacial score (nSPS) is 11.9. The molecule has 0 fully saturated rings. The number of unbranched alkanes of at least 4 members (excludes halogenated alkanes) is 3. The number of primary sulfonamides is 1. The van der Waals surface area contributed by atoms with E-state index in [0.29, 0.717) is 5.02 Å². The monoisotopic (exact) mass is 595 g/mol. The van der Waals surface area contributed by atoms with Gasteiger partial charge in [-0.05, 0) is 68.3 Å². The molecule has 1 aromatic heterocycles. The number of nitrogens with zero attached hydrogens (tertiary/aromatic N) is 3. The van der Waals surface area contributed by atoms with Gasteiger partial charge in [0.2, 0.25) is 10.0 Å². The molecular weight excluding hydrogens is 558 g/mol. The minimum absolute atomic E-state index is 0.0727. The second kappa shape index (κ2) is 15.9. The molecule has 0 atom stereocenters. The number of benzene rings is 2. The Morgan fingerprint density at radius 3 is 2.26 bits per heavy atom. The van der Waals surface area contributed by atoms with Crippen LogP contribution in [0.15, 0.2) is 59.5 Å². The summed E-state index contributed by atoms with van der Waals surface area (Å²) in [4.78, 5) is 2.54. The van der Waals surface area contributed by atoms with Crippen molar-refractivity contribution in [2.45, 2.75) is 37.0 Å². The van der Waals surface area contributed by atoms with Gasteiger partial charge < -0.3 is 10.2 Å². The highest BCUT2D eigenvalue weighted by molar-refractivity contribution is 7.89. The number of halogens is 1. The SMILES string of the molecule is NS(=O)(=O)c1ccc(-n2nc(CCCCCCN(CCS)CCNCCS)cc2-c2ccc(Cl)cc2)cc1. The Morgan fingerprint density at radius 2 is 1.61 bits per heavy atom. The maximum Gasteiger partial charge on any atom is 0.238 e. The van der Waals surface area contributed by atoms with E-state index in [2.05, 4.69) is 41.5 Å². The highest BCUT2D eigenvalue weighted by atomic mass is 35.5. The highest BCUT2D eigenvalue weighted by Gasteiger charge is 2.14. The van der Waals surface area contributed by atoms with Crippen LogP contribution in [-0.2, 0) is 16.4 Å². The van der Waals surface area contributed by atoms with Crippen molar-refractivity contribution in [3.8, 4) is 16.9 Å². The summed E-state index contributed by atoms with van der Waals surface area (Å²) in [5.74, 6) is 1.73. The number of aryl methyl sites for hydroxylation is 1. The van der Waals surface area contributed by atoms with Crippen LogP contribution in [0.3, 0.4) is 0 Å². The molecule has 0 bridgehead atoms. The average molecular weight is 596 g/mol. The van der Waals surface area contributed by atoms with Gasteiger partial charge in [0.05, 0.1) is 22.0 Å². The third-order valence-corrected chi connectivity index (χ3v) is 7.88. The number of aromatic nitrogens is 2. The summed E-state index contributed by atoms with van der Waals surface area (Å²) in [5.41, 5.74) is 3.67. The summed E-state index contributed by atoms with van der Waals surface area (Å²) in [6.45, 7) is 5.06. The van der Waals surface area contributed by atoms with Crippen LogP contribution in [0.5, 0.6) is 0 Å². The van der Waals surface area contributed by atoms with E-state index in [1.165, 1.54) is 25.0 Å². The van der Waals surface area contributed by atoms with Crippen LogP contribution in [0.1, 0.15) is 31.4 Å². The number of hydrogen-bond donors (Lipinski definition) is 4. The fourth-order valence-electron chi connectivity index (χ4n) is 4.27. The van der Waals surface area contributed by atoms with Crippen LogP contribution in [0, 0.1) is 0 Å². The minimum atomic E-state index is -3.76. The van der Waals surface area contributed by atoms with Gasteiger partial charge in [-0.1, -0.05) is 36.6 Å². The van der Waals surface area contributed by atoms with E-state index >= 15 is 0 Å². The largest absolute Gasteiger partial charge is 0.315 e. The summed E-state index contributed by atoms with van der Waals surface area (Å²) in [5, 5.41) is 14.2. The molecule has 0 radical (unpaired) electrons. The predicted octanol–water partition coefficient (Wildman–Crippen LogP) is 4.69. The van der Waals surface area contributed by atoms with Crippen molar-refractivity contribution < 1.29 is 8.42 Å². The molecule has 3 aromatic rings. The van der Waals surface area contributed by atoms with Gasteiger partial charge in [-0.2, -0.15) is 30.4 Å². The lowest BCUT2D eigenvalue weighted by atomic mass is 10.1. The van der Waals surface area contributed by atoms with Crippen molar-refractivity contribution in [3.63, 3.8) is 0 Å². The number of thiol groups is 2. The molecule has 11 heteroatoms. The number of nitrogens with two attached hydrogens (primary N) is 1. The Hall–Kier alpha value is -1.53. The van der Waals surface area contributed by atoms with Crippen LogP contribution in [0.4, 0.5) is 0 Å². The van der Waals surface area contributed by atoms with Crippen molar-refractivity contribution in [2.24, 2.45) is 5.14 Å². The van der Waals surface area contributed by atoms with Gasteiger partial charge in [0.25, 0.3) is 0 Å². The van der Waals surface area contributed by atoms with Gasteiger partial charge in [-0.25, -0.2) is 18.2 Å². The molecule has 0 spiro atoms. The van der Waals surface area contributed by atoms with Crippen LogP contribution in [-0.4, -0.2) is 67.3 Å². The summed E-state index contributed by atoms with van der Waals surface area (Å²) in [6.07, 6.45) is 5.40. The molecule has 0 aliphatic carbocycles. The van der Waals surface area contributed by atoms with E-state index in [0.717, 1.165) is 86.1 Å². The summed E-state index contributed by atoms with van der Waals surface area (Å²) in [6, 6.07) is 16.2. The van der Waals surface area contributed by atoms with Crippen molar-refractivity contribution in [2.75, 3.05) is 44.2 Å². The molecule has 0 aliphatic rings. The van der Waals surface area contributed by atoms with Crippen LogP contribution < -0.4 is 10.5 Å². The molecule has 208 valence electrons. The average Bonchev–Trinajstić information content (AvgIpc) is 3.32. The first kappa shape index (κ1) is 31.0. The zero-order chi connectivity index (χ0) is 27.4. The number of rotatable bonds is 17. The molecule has 0 unspecified atom stereocenters. The molecule has 0 saturated heterocycles. The molecular formula is C27H38ClN5O2S3. The van der Waals surface area contributed by atoms with Crippen LogP contribution >= 0.6 is 36.9 Å². The quantitative estimate of drug-likeness (QED) is 0.134. The van der Waals surface area contributed by atoms with Crippen molar-refractivity contribution >= 4 is 46.9 Å². The first-order valence-electron chi connectivity index (χ1n) is 12.9. The number of sulfonamides is 1. The molecule has 0 amide bonds. The molecule has 38 heavy (non-hydrogen) atoms. The second-order valence-corrected chi connectivity index (χ2v) is 12.1. The van der Waals surface area contributed by atoms with Crippen molar-refractivity contribution in [1.82, 2.24) is 20.0 Å². The Kier molecular flexibility index (Phi) is 13.0. The third-order valence-electron chi connectivity index (χ3n) is 6.28. The molecule has 2 aromatic carbocycles. The smallest absolute Gasteiger partial charge is 0.238 e. The van der Waals surface area contributed by atoms with Crippen molar-refractivity contribution in [3.05, 3.63) is 65.3 Å². The van der Waals surface area contributed by atoms with Gasteiger partial charge in [0, 0.05) is 48.3 Å². The van der Waals surface area contributed by atoms with E-state index in [1.54, 1.807) is 12.1 Å². The van der Waals surface area contributed by atoms with Gasteiger partial charge in [0.15, 0.2) is 0 Å². The minimum Gasteiger partial charge on any atom is -0.315 e. The molecule has 3 rings (SSSR count). The van der Waals surface area contributed by atoms with E-state index in [-0.39, 0.29) is 4.90 Å². The van der Waals surface area contributed by atoms with E-state index in [1.807, 2.05) is 28.9 Å². The first-order chi connectivity index (χ1) is 18.3. The zero-order valence-corrected chi connectivity index (χ0v) is 25.0. The number of nitrogens with one attached hydrogen (secondary N) is 1. The number of hydrogen-bond acceptors (Lipinski definition) is 7. The zero-order valence-electron chi connectivity index (χ0n) is 21.6. The molecule has 0 aliphatic heterocycles. The first-order valence-corrected chi connectivity index (χ1v) is 16.1. The van der Waals surface area contributed by atoms with E-state index in [4.69, 9.17) is 21.8 Å². The van der Waals surface area contributed by atoms with Crippen LogP contribution in [0.25, 0.3) is 16.9 Å². The molecule has 0 saturated carbocycles. The molecule has 1 heterocycles. The third kappa shape index (κ3) is 9.89. The molecule has 7 nitrogen and oxygen atoms in total. The lowest BCUT2D eigenvalue weighted by Crippen LogP contribution is -2.34. The lowest BCUT2D eigenvalue weighted by Gasteiger charge is -2.21. The standard InChI is InChI=1S/C27H38ClN5O2S3/c28-23-8-6-22(7-9-23)27-21-24(31-33(27)25-10-12-26(13-11-25)38(29,34)35)5-3-1-2-4-16-32(18-20-37)17-14-30-15-19-36/h6-13,21,30,36-37H,1-5,14-20H2,(H2,29,34,35). The predicted molar refractivity (Wildman–Crippen MR) is 165 cm³/mol. The highest BCUT2D eigenvalue weighted by Crippen LogP contribution is 2.27. The molecule has 3 N–H and O–H groups in total. The Bertz CT molecular complexity index is 1220. The lowest BCUT2D eigenvalue weighted by molar-refractivity contribution is 0.283. The Labute approximate surface area is 243 Å². The van der Waals surface area contributed by atoms with E-state index < -0.39 is 10.0 Å². The fraction of sp³-hybridized carbons (Fsp3) is 0.444. The van der Waals surface area contributed by atoms with Crippen molar-refractivity contribution in [1.29, 1.82) is 0 Å². The summed E-state index contributed by atoms with van der Waals surface area (Å²) >= 11 is 14.7. The van der Waals surface area contributed by atoms with Gasteiger partial charge in [-0.3, -0.25) is 0 Å². The maximum atomic E-state index is 11.7. The fourth-order valence-corrected chi connectivity index (χ4v) is 5.35. The Balaban J connectivity index is 1.60. The van der Waals surface area contributed by atoms with Gasteiger partial charge in [-0.15, -0.1) is 0 Å². The summed E-state index contributed by atoms with van der Waals surface area (Å²) < 4.78 is 25.2. The van der Waals surface area contributed by atoms with Crippen LogP contribution in [0.2, 0.25) is 5.02 Å². The second-order valence-electron chi connectivity index (χ2n) is 9.18. The van der Waals surface area contributed by atoms with Gasteiger partial charge in [0.1, 0.15) is 0 Å². The Morgan fingerprint density at radius 1 is 0.895 bits per heavy atom.